The van der Waals surface area contributed by atoms with E-state index in [1.807, 2.05) is 18.2 Å². The van der Waals surface area contributed by atoms with Gasteiger partial charge >= 0.3 is 0 Å². The summed E-state index contributed by atoms with van der Waals surface area (Å²) in [4.78, 5) is 2.62. The minimum atomic E-state index is -0.331. The molecular weight excluding hydrogens is 282 g/mol. The molecule has 118 valence electrons. The van der Waals surface area contributed by atoms with Crippen LogP contribution in [0.2, 0.25) is 0 Å². The second kappa shape index (κ2) is 7.62. The molecule has 2 fully saturated rings. The molecule has 1 saturated heterocycles. The lowest BCUT2D eigenvalue weighted by atomic mass is 9.73. The Kier molecular flexibility index (Phi) is 6.09. The van der Waals surface area contributed by atoms with E-state index in [0.717, 1.165) is 18.4 Å². The third-order valence-electron chi connectivity index (χ3n) is 5.33. The second-order valence-electron chi connectivity index (χ2n) is 6.53. The topological polar surface area (TPSA) is 23.5 Å². The molecule has 21 heavy (non-hydrogen) atoms. The first kappa shape index (κ1) is 16.8. The van der Waals surface area contributed by atoms with Gasteiger partial charge < -0.3 is 5.11 Å². The number of piperidine rings is 1. The van der Waals surface area contributed by atoms with E-state index in [4.69, 9.17) is 0 Å². The average molecular weight is 310 g/mol. The van der Waals surface area contributed by atoms with Gasteiger partial charge in [-0.05, 0) is 44.3 Å². The van der Waals surface area contributed by atoms with E-state index >= 15 is 0 Å². The smallest absolute Gasteiger partial charge is 0.0973 e. The quantitative estimate of drug-likeness (QED) is 0.898. The summed E-state index contributed by atoms with van der Waals surface area (Å²) < 4.78 is 0. The molecule has 1 heterocycles. The number of aliphatic hydroxyl groups excluding tert-OH is 1. The summed E-state index contributed by atoms with van der Waals surface area (Å²) in [5, 5.41) is 11.1. The Labute approximate surface area is 135 Å². The number of aliphatic hydroxyl groups is 1. The first-order chi connectivity index (χ1) is 9.83. The second-order valence-corrected chi connectivity index (χ2v) is 6.53. The highest BCUT2D eigenvalue weighted by atomic mass is 35.5. The van der Waals surface area contributed by atoms with Gasteiger partial charge in [-0.15, -0.1) is 12.4 Å². The van der Waals surface area contributed by atoms with Crippen molar-refractivity contribution < 1.29 is 5.11 Å². The van der Waals surface area contributed by atoms with Crippen LogP contribution >= 0.6 is 12.4 Å². The number of likely N-dealkylation sites (tertiary alicyclic amines) is 1. The van der Waals surface area contributed by atoms with Gasteiger partial charge in [-0.3, -0.25) is 4.90 Å². The highest BCUT2D eigenvalue weighted by Gasteiger charge is 2.44. The fourth-order valence-electron chi connectivity index (χ4n) is 4.21. The summed E-state index contributed by atoms with van der Waals surface area (Å²) in [6.45, 7) is 2.34. The Balaban J connectivity index is 0.00000161. The molecule has 0 radical (unpaired) electrons. The van der Waals surface area contributed by atoms with Crippen molar-refractivity contribution in [2.45, 2.75) is 63.0 Å². The molecule has 0 bridgehead atoms. The largest absolute Gasteiger partial charge is 0.386 e. The van der Waals surface area contributed by atoms with Gasteiger partial charge in [0.1, 0.15) is 0 Å². The Morgan fingerprint density at radius 2 is 1.43 bits per heavy atom. The number of nitrogens with zero attached hydrogens (tertiary/aromatic N) is 1. The van der Waals surface area contributed by atoms with E-state index in [9.17, 15) is 5.11 Å². The molecule has 0 aromatic heterocycles. The van der Waals surface area contributed by atoms with Gasteiger partial charge in [0.25, 0.3) is 0 Å². The van der Waals surface area contributed by atoms with Crippen LogP contribution in [0.3, 0.4) is 0 Å². The van der Waals surface area contributed by atoms with E-state index in [0.29, 0.717) is 0 Å². The van der Waals surface area contributed by atoms with Crippen LogP contribution in [0, 0.1) is 0 Å². The summed E-state index contributed by atoms with van der Waals surface area (Å²) in [5.41, 5.74) is 1.10. The predicted octanol–water partition coefficient (Wildman–Crippen LogP) is 4.33. The SMILES string of the molecule is Cl.OC(c1ccccc1)C1(N2CCCCC2)CCCCC1. The lowest BCUT2D eigenvalue weighted by molar-refractivity contribution is -0.0660. The molecule has 0 spiro atoms. The van der Waals surface area contributed by atoms with Crippen LogP contribution in [0.5, 0.6) is 0 Å². The Morgan fingerprint density at radius 3 is 2.05 bits per heavy atom. The number of hydrogen-bond acceptors (Lipinski definition) is 2. The molecule has 1 aliphatic heterocycles. The Bertz CT molecular complexity index is 410. The molecule has 3 rings (SSSR count). The first-order valence-electron chi connectivity index (χ1n) is 8.31. The van der Waals surface area contributed by atoms with Gasteiger partial charge in [0.2, 0.25) is 0 Å². The van der Waals surface area contributed by atoms with Gasteiger partial charge in [0.15, 0.2) is 0 Å². The summed E-state index contributed by atoms with van der Waals surface area (Å²) in [7, 11) is 0. The van der Waals surface area contributed by atoms with Gasteiger partial charge in [-0.1, -0.05) is 56.0 Å². The van der Waals surface area contributed by atoms with Crippen LogP contribution in [-0.4, -0.2) is 28.6 Å². The fraction of sp³-hybridized carbons (Fsp3) is 0.667. The number of rotatable bonds is 3. The van der Waals surface area contributed by atoms with E-state index < -0.39 is 0 Å². The minimum absolute atomic E-state index is 0. The van der Waals surface area contributed by atoms with Crippen LogP contribution in [0.1, 0.15) is 63.0 Å². The maximum absolute atomic E-state index is 11.1. The zero-order valence-electron chi connectivity index (χ0n) is 12.8. The van der Waals surface area contributed by atoms with Crippen LogP contribution in [0.15, 0.2) is 30.3 Å². The predicted molar refractivity (Wildman–Crippen MR) is 89.9 cm³/mol. The molecule has 1 unspecified atom stereocenters. The van der Waals surface area contributed by atoms with Crippen molar-refractivity contribution in [3.05, 3.63) is 35.9 Å². The van der Waals surface area contributed by atoms with Crippen molar-refractivity contribution in [2.75, 3.05) is 13.1 Å². The third-order valence-corrected chi connectivity index (χ3v) is 5.33. The maximum Gasteiger partial charge on any atom is 0.0973 e. The normalized spacial score (nSPS) is 24.0. The van der Waals surface area contributed by atoms with Crippen LogP contribution in [0.25, 0.3) is 0 Å². The Morgan fingerprint density at radius 1 is 0.857 bits per heavy atom. The van der Waals surface area contributed by atoms with Crippen LogP contribution in [0.4, 0.5) is 0 Å². The lowest BCUT2D eigenvalue weighted by Gasteiger charge is -2.51. The molecule has 2 aliphatic rings. The number of halogens is 1. The fourth-order valence-corrected chi connectivity index (χ4v) is 4.21. The van der Waals surface area contributed by atoms with Gasteiger partial charge in [-0.25, -0.2) is 0 Å². The monoisotopic (exact) mass is 309 g/mol. The van der Waals surface area contributed by atoms with E-state index in [2.05, 4.69) is 17.0 Å². The van der Waals surface area contributed by atoms with E-state index in [1.54, 1.807) is 0 Å². The zero-order chi connectivity index (χ0) is 13.8. The minimum Gasteiger partial charge on any atom is -0.386 e. The molecule has 1 saturated carbocycles. The van der Waals surface area contributed by atoms with Gasteiger partial charge in [0, 0.05) is 0 Å². The molecular formula is C18H28ClNO. The first-order valence-corrected chi connectivity index (χ1v) is 8.31. The highest BCUT2D eigenvalue weighted by Crippen LogP contribution is 2.44. The van der Waals surface area contributed by atoms with Crippen molar-refractivity contribution in [1.29, 1.82) is 0 Å². The molecule has 0 amide bonds. The molecule has 1 aliphatic carbocycles. The van der Waals surface area contributed by atoms with Crippen LogP contribution < -0.4 is 0 Å². The van der Waals surface area contributed by atoms with Gasteiger partial charge in [0.05, 0.1) is 11.6 Å². The molecule has 1 N–H and O–H groups in total. The van der Waals surface area contributed by atoms with Gasteiger partial charge in [-0.2, -0.15) is 0 Å². The highest BCUT2D eigenvalue weighted by molar-refractivity contribution is 5.85. The summed E-state index contributed by atoms with van der Waals surface area (Å²) in [6.07, 6.45) is 9.78. The zero-order valence-corrected chi connectivity index (χ0v) is 13.7. The number of hydrogen-bond donors (Lipinski definition) is 1. The molecule has 1 aromatic rings. The molecule has 1 atom stereocenters. The van der Waals surface area contributed by atoms with Crippen molar-refractivity contribution in [1.82, 2.24) is 4.90 Å². The molecule has 1 aromatic carbocycles. The summed E-state index contributed by atoms with van der Waals surface area (Å²) in [6, 6.07) is 10.3. The van der Waals surface area contributed by atoms with Crippen molar-refractivity contribution in [2.24, 2.45) is 0 Å². The van der Waals surface area contributed by atoms with Crippen LogP contribution in [-0.2, 0) is 0 Å². The number of benzene rings is 1. The van der Waals surface area contributed by atoms with Crippen molar-refractivity contribution in [3.63, 3.8) is 0 Å². The lowest BCUT2D eigenvalue weighted by Crippen LogP contribution is -2.55. The van der Waals surface area contributed by atoms with E-state index in [-0.39, 0.29) is 24.0 Å². The van der Waals surface area contributed by atoms with Crippen molar-refractivity contribution in [3.8, 4) is 0 Å². The maximum atomic E-state index is 11.1. The molecule has 2 nitrogen and oxygen atoms in total. The summed E-state index contributed by atoms with van der Waals surface area (Å²) >= 11 is 0. The van der Waals surface area contributed by atoms with E-state index in [1.165, 1.54) is 51.6 Å². The average Bonchev–Trinajstić information content (AvgIpc) is 2.56. The Hall–Kier alpha value is -0.570. The standard InChI is InChI=1S/C18H27NO.ClH/c20-17(16-10-4-1-5-11-16)18(12-6-2-7-13-18)19-14-8-3-9-15-19;/h1,4-5,10-11,17,20H,2-3,6-9,12-15H2;1H. The summed E-state index contributed by atoms with van der Waals surface area (Å²) in [5.74, 6) is 0. The molecule has 3 heteroatoms. The van der Waals surface area contributed by atoms with Crippen molar-refractivity contribution >= 4 is 12.4 Å². The third kappa shape index (κ3) is 3.44.